The number of hydrogen-bond acceptors (Lipinski definition) is 3. The van der Waals surface area contributed by atoms with Crippen molar-refractivity contribution in [3.63, 3.8) is 0 Å². The summed E-state index contributed by atoms with van der Waals surface area (Å²) in [5.41, 5.74) is 5.60. The molecule has 2 amide bonds. The smallest absolute Gasteiger partial charge is 0.242 e. The summed E-state index contributed by atoms with van der Waals surface area (Å²) in [6.07, 6.45) is 5.76. The number of carbonyl (C=O) groups is 2. The van der Waals surface area contributed by atoms with E-state index in [1.807, 2.05) is 20.8 Å². The van der Waals surface area contributed by atoms with Crippen LogP contribution in [-0.4, -0.2) is 29.4 Å². The van der Waals surface area contributed by atoms with E-state index in [-0.39, 0.29) is 17.4 Å². The van der Waals surface area contributed by atoms with Gasteiger partial charge in [0.25, 0.3) is 0 Å². The lowest BCUT2D eigenvalue weighted by atomic mass is 9.84. The molecule has 0 heterocycles. The molecule has 0 bridgehead atoms. The third-order valence-electron chi connectivity index (χ3n) is 3.94. The quantitative estimate of drug-likeness (QED) is 0.722. The molecule has 4 N–H and O–H groups in total. The van der Waals surface area contributed by atoms with Gasteiger partial charge in [-0.05, 0) is 65.7 Å². The molecule has 1 atom stereocenters. The zero-order valence-electron chi connectivity index (χ0n) is 13.9. The maximum absolute atomic E-state index is 11.9. The van der Waals surface area contributed by atoms with Crippen LogP contribution in [0.1, 0.15) is 66.2 Å². The minimum Gasteiger partial charge on any atom is -0.350 e. The van der Waals surface area contributed by atoms with Crippen LogP contribution in [0.25, 0.3) is 0 Å². The second-order valence-corrected chi connectivity index (χ2v) is 7.35. The van der Waals surface area contributed by atoms with Crippen LogP contribution in [0.2, 0.25) is 0 Å². The highest BCUT2D eigenvalue weighted by Gasteiger charge is 2.22. The molecule has 0 aromatic rings. The fourth-order valence-corrected chi connectivity index (χ4v) is 2.67. The molecule has 0 radical (unpaired) electrons. The lowest BCUT2D eigenvalue weighted by Gasteiger charge is -2.26. The molecule has 5 heteroatoms. The van der Waals surface area contributed by atoms with Gasteiger partial charge in [0.2, 0.25) is 11.8 Å². The Bertz CT molecular complexity index is 355. The van der Waals surface area contributed by atoms with Gasteiger partial charge in [-0.1, -0.05) is 0 Å². The van der Waals surface area contributed by atoms with Crippen LogP contribution in [0, 0.1) is 5.92 Å². The molecule has 0 spiro atoms. The maximum Gasteiger partial charge on any atom is 0.242 e. The van der Waals surface area contributed by atoms with Gasteiger partial charge in [-0.2, -0.15) is 0 Å². The molecule has 1 aliphatic carbocycles. The highest BCUT2D eigenvalue weighted by molar-refractivity contribution is 5.87. The summed E-state index contributed by atoms with van der Waals surface area (Å²) in [5.74, 6) is 0.426. The van der Waals surface area contributed by atoms with Crippen LogP contribution in [0.15, 0.2) is 0 Å². The van der Waals surface area contributed by atoms with Gasteiger partial charge in [0.15, 0.2) is 0 Å². The first kappa shape index (κ1) is 18.0. The van der Waals surface area contributed by atoms with Crippen LogP contribution >= 0.6 is 0 Å². The van der Waals surface area contributed by atoms with E-state index < -0.39 is 6.04 Å². The molecule has 1 rings (SSSR count). The number of carbonyl (C=O) groups excluding carboxylic acids is 2. The molecule has 5 nitrogen and oxygen atoms in total. The largest absolute Gasteiger partial charge is 0.350 e. The summed E-state index contributed by atoms with van der Waals surface area (Å²) in [6.45, 7) is 7.49. The van der Waals surface area contributed by atoms with E-state index >= 15 is 0 Å². The SMILES string of the molecule is CC(NC(=O)CCC1CCC(N)CC1)C(=O)NC(C)(C)C. The Kier molecular flexibility index (Phi) is 6.65. The predicted octanol–water partition coefficient (Wildman–Crippen LogP) is 1.70. The first-order chi connectivity index (χ1) is 9.67. The van der Waals surface area contributed by atoms with Crippen molar-refractivity contribution in [3.05, 3.63) is 0 Å². The molecule has 0 aromatic heterocycles. The number of rotatable bonds is 5. The third kappa shape index (κ3) is 7.46. The van der Waals surface area contributed by atoms with Crippen LogP contribution < -0.4 is 16.4 Å². The summed E-state index contributed by atoms with van der Waals surface area (Å²) >= 11 is 0. The van der Waals surface area contributed by atoms with Crippen molar-refractivity contribution in [2.75, 3.05) is 0 Å². The normalized spacial score (nSPS) is 24.2. The Morgan fingerprint density at radius 2 is 1.76 bits per heavy atom. The van der Waals surface area contributed by atoms with E-state index in [0.717, 1.165) is 32.1 Å². The molecule has 1 unspecified atom stereocenters. The highest BCUT2D eigenvalue weighted by Crippen LogP contribution is 2.26. The Balaban J connectivity index is 2.25. The van der Waals surface area contributed by atoms with Crippen molar-refractivity contribution < 1.29 is 9.59 Å². The van der Waals surface area contributed by atoms with Crippen molar-refractivity contribution in [2.45, 2.75) is 83.8 Å². The number of nitrogens with two attached hydrogens (primary N) is 1. The van der Waals surface area contributed by atoms with Crippen molar-refractivity contribution >= 4 is 11.8 Å². The third-order valence-corrected chi connectivity index (χ3v) is 3.94. The number of hydrogen-bond donors (Lipinski definition) is 3. The van der Waals surface area contributed by atoms with Gasteiger partial charge in [0.1, 0.15) is 6.04 Å². The van der Waals surface area contributed by atoms with Gasteiger partial charge in [-0.15, -0.1) is 0 Å². The second kappa shape index (κ2) is 7.78. The summed E-state index contributed by atoms with van der Waals surface area (Å²) in [4.78, 5) is 23.8. The number of amides is 2. The topological polar surface area (TPSA) is 84.2 Å². The summed E-state index contributed by atoms with van der Waals surface area (Å²) in [5, 5.41) is 5.64. The van der Waals surface area contributed by atoms with E-state index in [4.69, 9.17) is 5.73 Å². The van der Waals surface area contributed by atoms with E-state index in [1.54, 1.807) is 6.92 Å². The van der Waals surface area contributed by atoms with Gasteiger partial charge in [0.05, 0.1) is 0 Å². The summed E-state index contributed by atoms with van der Waals surface area (Å²) < 4.78 is 0. The maximum atomic E-state index is 11.9. The fourth-order valence-electron chi connectivity index (χ4n) is 2.67. The Labute approximate surface area is 128 Å². The summed E-state index contributed by atoms with van der Waals surface area (Å²) in [7, 11) is 0. The Hall–Kier alpha value is -1.10. The predicted molar refractivity (Wildman–Crippen MR) is 84.7 cm³/mol. The first-order valence-electron chi connectivity index (χ1n) is 8.04. The molecule has 1 fully saturated rings. The molecule has 1 aliphatic rings. The molecular formula is C16H31N3O2. The van der Waals surface area contributed by atoms with Gasteiger partial charge in [-0.3, -0.25) is 9.59 Å². The second-order valence-electron chi connectivity index (χ2n) is 7.35. The van der Waals surface area contributed by atoms with E-state index in [1.165, 1.54) is 0 Å². The molecule has 1 saturated carbocycles. The average Bonchev–Trinajstić information content (AvgIpc) is 2.36. The Morgan fingerprint density at radius 1 is 1.19 bits per heavy atom. The number of nitrogens with one attached hydrogen (secondary N) is 2. The van der Waals surface area contributed by atoms with Gasteiger partial charge >= 0.3 is 0 Å². The fraction of sp³-hybridized carbons (Fsp3) is 0.875. The Morgan fingerprint density at radius 3 is 2.29 bits per heavy atom. The molecule has 122 valence electrons. The lowest BCUT2D eigenvalue weighted by Crippen LogP contribution is -2.50. The molecular weight excluding hydrogens is 266 g/mol. The zero-order chi connectivity index (χ0) is 16.0. The van der Waals surface area contributed by atoms with E-state index in [2.05, 4.69) is 10.6 Å². The molecule has 0 aromatic carbocycles. The van der Waals surface area contributed by atoms with Gasteiger partial charge < -0.3 is 16.4 Å². The van der Waals surface area contributed by atoms with Gasteiger partial charge in [-0.25, -0.2) is 0 Å². The average molecular weight is 297 g/mol. The van der Waals surface area contributed by atoms with Crippen molar-refractivity contribution in [1.82, 2.24) is 10.6 Å². The lowest BCUT2D eigenvalue weighted by molar-refractivity contribution is -0.129. The van der Waals surface area contributed by atoms with E-state index in [0.29, 0.717) is 18.4 Å². The van der Waals surface area contributed by atoms with Crippen LogP contribution in [0.5, 0.6) is 0 Å². The minimum atomic E-state index is -0.489. The highest BCUT2D eigenvalue weighted by atomic mass is 16.2. The van der Waals surface area contributed by atoms with Crippen LogP contribution in [0.4, 0.5) is 0 Å². The van der Waals surface area contributed by atoms with Crippen molar-refractivity contribution in [3.8, 4) is 0 Å². The van der Waals surface area contributed by atoms with Crippen molar-refractivity contribution in [2.24, 2.45) is 11.7 Å². The van der Waals surface area contributed by atoms with Crippen LogP contribution in [0.3, 0.4) is 0 Å². The van der Waals surface area contributed by atoms with E-state index in [9.17, 15) is 9.59 Å². The summed E-state index contributed by atoms with van der Waals surface area (Å²) in [6, 6.07) is -0.146. The minimum absolute atomic E-state index is 0.0403. The molecule has 0 saturated heterocycles. The standard InChI is InChI=1S/C16H31N3O2/c1-11(15(21)19-16(2,3)4)18-14(20)10-7-12-5-8-13(17)9-6-12/h11-13H,5-10,17H2,1-4H3,(H,18,20)(H,19,21). The van der Waals surface area contributed by atoms with Crippen molar-refractivity contribution in [1.29, 1.82) is 0 Å². The van der Waals surface area contributed by atoms with Crippen LogP contribution in [-0.2, 0) is 9.59 Å². The monoisotopic (exact) mass is 297 g/mol. The van der Waals surface area contributed by atoms with Gasteiger partial charge in [0, 0.05) is 18.0 Å². The molecule has 0 aliphatic heterocycles. The first-order valence-corrected chi connectivity index (χ1v) is 8.04. The zero-order valence-corrected chi connectivity index (χ0v) is 13.9. The molecule has 21 heavy (non-hydrogen) atoms.